The number of sulfonamides is 1. The van der Waals surface area contributed by atoms with E-state index in [1.807, 2.05) is 6.92 Å². The number of rotatable bonds is 6. The first-order chi connectivity index (χ1) is 9.48. The van der Waals surface area contributed by atoms with Crippen molar-refractivity contribution in [3.63, 3.8) is 0 Å². The quantitative estimate of drug-likeness (QED) is 0.759. The van der Waals surface area contributed by atoms with Gasteiger partial charge in [0.15, 0.2) is 5.03 Å². The van der Waals surface area contributed by atoms with Gasteiger partial charge in [-0.15, -0.1) is 0 Å². The van der Waals surface area contributed by atoms with Crippen LogP contribution in [0.1, 0.15) is 13.3 Å². The lowest BCUT2D eigenvalue weighted by molar-refractivity contribution is -0.142. The SMILES string of the molecule is CCCN(C1COCC1C(=O)O)S(=O)(=O)c1cnc[nH]1. The van der Waals surface area contributed by atoms with Crippen molar-refractivity contribution in [3.05, 3.63) is 12.5 Å². The Bertz CT molecular complexity index is 557. The summed E-state index contributed by atoms with van der Waals surface area (Å²) in [6, 6.07) is -0.694. The van der Waals surface area contributed by atoms with Gasteiger partial charge in [-0.05, 0) is 6.42 Å². The van der Waals surface area contributed by atoms with Gasteiger partial charge < -0.3 is 14.8 Å². The zero-order valence-electron chi connectivity index (χ0n) is 11.0. The van der Waals surface area contributed by atoms with Crippen molar-refractivity contribution in [3.8, 4) is 0 Å². The van der Waals surface area contributed by atoms with Crippen LogP contribution in [0.5, 0.6) is 0 Å². The zero-order chi connectivity index (χ0) is 14.8. The molecular weight excluding hydrogens is 286 g/mol. The van der Waals surface area contributed by atoms with E-state index in [0.29, 0.717) is 6.42 Å². The fourth-order valence-electron chi connectivity index (χ4n) is 2.26. The minimum atomic E-state index is -3.80. The van der Waals surface area contributed by atoms with Crippen LogP contribution >= 0.6 is 0 Å². The molecule has 0 saturated carbocycles. The van der Waals surface area contributed by atoms with Gasteiger partial charge in [0.05, 0.1) is 37.7 Å². The Hall–Kier alpha value is -1.45. The molecule has 1 aliphatic rings. The number of nitrogens with one attached hydrogen (secondary N) is 1. The molecule has 112 valence electrons. The smallest absolute Gasteiger partial charge is 0.310 e. The maximum atomic E-state index is 12.5. The fraction of sp³-hybridized carbons (Fsp3) is 0.636. The molecule has 1 fully saturated rings. The first kappa shape index (κ1) is 14.9. The van der Waals surface area contributed by atoms with Gasteiger partial charge in [0.2, 0.25) is 0 Å². The van der Waals surface area contributed by atoms with E-state index in [-0.39, 0.29) is 24.8 Å². The highest BCUT2D eigenvalue weighted by atomic mass is 32.2. The minimum absolute atomic E-state index is 0.0265. The van der Waals surface area contributed by atoms with Gasteiger partial charge in [-0.2, -0.15) is 4.31 Å². The number of hydrogen-bond acceptors (Lipinski definition) is 5. The van der Waals surface area contributed by atoms with E-state index >= 15 is 0 Å². The second-order valence-electron chi connectivity index (χ2n) is 4.58. The summed E-state index contributed by atoms with van der Waals surface area (Å²) in [4.78, 5) is 17.5. The summed E-state index contributed by atoms with van der Waals surface area (Å²) < 4.78 is 31.4. The minimum Gasteiger partial charge on any atom is -0.481 e. The normalized spacial score (nSPS) is 23.3. The van der Waals surface area contributed by atoms with Crippen molar-refractivity contribution in [1.82, 2.24) is 14.3 Å². The van der Waals surface area contributed by atoms with Crippen molar-refractivity contribution in [2.24, 2.45) is 5.92 Å². The van der Waals surface area contributed by atoms with E-state index in [4.69, 9.17) is 4.74 Å². The van der Waals surface area contributed by atoms with Crippen LogP contribution in [0.25, 0.3) is 0 Å². The van der Waals surface area contributed by atoms with Gasteiger partial charge in [0.1, 0.15) is 0 Å². The fourth-order valence-corrected chi connectivity index (χ4v) is 3.89. The second-order valence-corrected chi connectivity index (χ2v) is 6.44. The van der Waals surface area contributed by atoms with Crippen LogP contribution in [0.4, 0.5) is 0 Å². The molecule has 0 amide bonds. The van der Waals surface area contributed by atoms with E-state index in [0.717, 1.165) is 0 Å². The van der Waals surface area contributed by atoms with E-state index in [1.165, 1.54) is 16.8 Å². The van der Waals surface area contributed by atoms with E-state index < -0.39 is 28.0 Å². The Morgan fingerprint density at radius 3 is 2.90 bits per heavy atom. The van der Waals surface area contributed by atoms with Crippen LogP contribution in [0.15, 0.2) is 17.6 Å². The number of imidazole rings is 1. The molecule has 0 spiro atoms. The van der Waals surface area contributed by atoms with Crippen molar-refractivity contribution in [1.29, 1.82) is 0 Å². The summed E-state index contributed by atoms with van der Waals surface area (Å²) in [6.07, 6.45) is 3.07. The van der Waals surface area contributed by atoms with E-state index in [2.05, 4.69) is 9.97 Å². The number of aliphatic carboxylic acids is 1. The molecule has 1 aromatic rings. The van der Waals surface area contributed by atoms with Gasteiger partial charge in [0, 0.05) is 6.54 Å². The number of aromatic amines is 1. The molecule has 20 heavy (non-hydrogen) atoms. The number of ether oxygens (including phenoxy) is 1. The first-order valence-corrected chi connectivity index (χ1v) is 7.73. The Kier molecular flexibility index (Phi) is 4.41. The van der Waals surface area contributed by atoms with Crippen molar-refractivity contribution < 1.29 is 23.1 Å². The molecule has 1 aromatic heterocycles. The maximum Gasteiger partial charge on any atom is 0.310 e. The molecule has 2 heterocycles. The number of hydrogen-bond donors (Lipinski definition) is 2. The molecule has 2 unspecified atom stereocenters. The second kappa shape index (κ2) is 5.90. The molecule has 2 atom stereocenters. The van der Waals surface area contributed by atoms with Crippen LogP contribution in [0.2, 0.25) is 0 Å². The summed E-state index contributed by atoms with van der Waals surface area (Å²) >= 11 is 0. The van der Waals surface area contributed by atoms with E-state index in [9.17, 15) is 18.3 Å². The Balaban J connectivity index is 2.34. The van der Waals surface area contributed by atoms with Crippen LogP contribution in [-0.4, -0.2) is 59.6 Å². The highest BCUT2D eigenvalue weighted by molar-refractivity contribution is 7.89. The van der Waals surface area contributed by atoms with Gasteiger partial charge in [0.25, 0.3) is 10.0 Å². The van der Waals surface area contributed by atoms with Crippen molar-refractivity contribution >= 4 is 16.0 Å². The predicted molar refractivity (Wildman–Crippen MR) is 68.5 cm³/mol. The van der Waals surface area contributed by atoms with Crippen LogP contribution in [0, 0.1) is 5.92 Å². The first-order valence-electron chi connectivity index (χ1n) is 6.29. The monoisotopic (exact) mass is 303 g/mol. The summed E-state index contributed by atoms with van der Waals surface area (Å²) in [6.45, 7) is 2.18. The Labute approximate surface area is 116 Å². The molecule has 0 aromatic carbocycles. The largest absolute Gasteiger partial charge is 0.481 e. The average Bonchev–Trinajstić information content (AvgIpc) is 3.06. The van der Waals surface area contributed by atoms with Crippen molar-refractivity contribution in [2.45, 2.75) is 24.4 Å². The van der Waals surface area contributed by atoms with Crippen molar-refractivity contribution in [2.75, 3.05) is 19.8 Å². The summed E-state index contributed by atoms with van der Waals surface area (Å²) in [5.41, 5.74) is 0. The highest BCUT2D eigenvalue weighted by Crippen LogP contribution is 2.25. The summed E-state index contributed by atoms with van der Waals surface area (Å²) in [5, 5.41) is 9.14. The maximum absolute atomic E-state index is 12.5. The molecule has 0 aliphatic carbocycles. The molecule has 2 rings (SSSR count). The molecule has 9 heteroatoms. The lowest BCUT2D eigenvalue weighted by Gasteiger charge is -2.28. The van der Waals surface area contributed by atoms with E-state index in [1.54, 1.807) is 0 Å². The van der Waals surface area contributed by atoms with Crippen LogP contribution in [-0.2, 0) is 19.6 Å². The number of nitrogens with zero attached hydrogens (tertiary/aromatic N) is 2. The molecule has 1 aliphatic heterocycles. The summed E-state index contributed by atoms with van der Waals surface area (Å²) in [5.74, 6) is -1.90. The van der Waals surface area contributed by atoms with Gasteiger partial charge in [-0.25, -0.2) is 13.4 Å². The third-order valence-electron chi connectivity index (χ3n) is 3.24. The van der Waals surface area contributed by atoms with Crippen LogP contribution < -0.4 is 0 Å². The lowest BCUT2D eigenvalue weighted by atomic mass is 10.0. The van der Waals surface area contributed by atoms with Gasteiger partial charge in [-0.1, -0.05) is 6.92 Å². The third-order valence-corrected chi connectivity index (χ3v) is 5.09. The lowest BCUT2D eigenvalue weighted by Crippen LogP contribution is -2.46. The number of carboxylic acid groups (broad SMARTS) is 1. The molecule has 2 N–H and O–H groups in total. The van der Waals surface area contributed by atoms with Crippen LogP contribution in [0.3, 0.4) is 0 Å². The summed E-state index contributed by atoms with van der Waals surface area (Å²) in [7, 11) is -3.80. The van der Waals surface area contributed by atoms with Gasteiger partial charge in [-0.3, -0.25) is 4.79 Å². The molecule has 0 radical (unpaired) electrons. The Morgan fingerprint density at radius 1 is 1.60 bits per heavy atom. The number of carbonyl (C=O) groups is 1. The highest BCUT2D eigenvalue weighted by Gasteiger charge is 2.43. The Morgan fingerprint density at radius 2 is 2.35 bits per heavy atom. The standard InChI is InChI=1S/C11H17N3O5S/c1-2-3-14(9-6-19-5-8(9)11(15)16)20(17,18)10-4-12-7-13-10/h4,7-9H,2-3,5-6H2,1H3,(H,12,13)(H,15,16). The molecule has 1 saturated heterocycles. The average molecular weight is 303 g/mol. The van der Waals surface area contributed by atoms with Gasteiger partial charge >= 0.3 is 5.97 Å². The predicted octanol–water partition coefficient (Wildman–Crippen LogP) is -0.0900. The molecular formula is C11H17N3O5S. The topological polar surface area (TPSA) is 113 Å². The number of carboxylic acids is 1. The zero-order valence-corrected chi connectivity index (χ0v) is 11.8. The molecule has 8 nitrogen and oxygen atoms in total. The molecule has 0 bridgehead atoms. The third kappa shape index (κ3) is 2.69. The number of aromatic nitrogens is 2. The number of H-pyrrole nitrogens is 1.